The maximum Gasteiger partial charge on any atom is 0.243 e. The van der Waals surface area contributed by atoms with Gasteiger partial charge in [0.25, 0.3) is 0 Å². The standard InChI is InChI=1S/C19H17N3O3/c23-17(20-12-18(24)21-15-9-5-2-6-10-15)11-16-13-25-19(22-16)14-7-3-1-4-8-14/h1-10,13H,11-12H2,(H,20,23)(H,21,24). The van der Waals surface area contributed by atoms with Crippen molar-refractivity contribution in [2.75, 3.05) is 11.9 Å². The molecule has 126 valence electrons. The highest BCUT2D eigenvalue weighted by atomic mass is 16.3. The van der Waals surface area contributed by atoms with Crippen molar-refractivity contribution < 1.29 is 14.0 Å². The van der Waals surface area contributed by atoms with Crippen LogP contribution in [0.5, 0.6) is 0 Å². The number of hydrogen-bond acceptors (Lipinski definition) is 4. The second-order valence-electron chi connectivity index (χ2n) is 5.38. The SMILES string of the molecule is O=C(Cc1coc(-c2ccccc2)n1)NCC(=O)Nc1ccccc1. The number of carbonyl (C=O) groups excluding carboxylic acids is 2. The molecule has 0 aliphatic carbocycles. The molecule has 2 amide bonds. The van der Waals surface area contributed by atoms with Crippen molar-refractivity contribution in [3.63, 3.8) is 0 Å². The van der Waals surface area contributed by atoms with E-state index in [1.807, 2.05) is 48.5 Å². The lowest BCUT2D eigenvalue weighted by Gasteiger charge is -2.06. The van der Waals surface area contributed by atoms with Gasteiger partial charge in [0, 0.05) is 11.3 Å². The summed E-state index contributed by atoms with van der Waals surface area (Å²) in [6.45, 7) is -0.100. The van der Waals surface area contributed by atoms with Crippen LogP contribution < -0.4 is 10.6 Å². The zero-order valence-electron chi connectivity index (χ0n) is 13.4. The van der Waals surface area contributed by atoms with Gasteiger partial charge in [-0.3, -0.25) is 9.59 Å². The van der Waals surface area contributed by atoms with E-state index < -0.39 is 0 Å². The van der Waals surface area contributed by atoms with E-state index in [9.17, 15) is 9.59 Å². The Bertz CT molecular complexity index is 845. The molecule has 3 aromatic rings. The number of hydrogen-bond donors (Lipinski definition) is 2. The van der Waals surface area contributed by atoms with Crippen molar-refractivity contribution in [1.82, 2.24) is 10.3 Å². The molecule has 0 atom stereocenters. The van der Waals surface area contributed by atoms with Crippen LogP contribution in [0, 0.1) is 0 Å². The summed E-state index contributed by atoms with van der Waals surface area (Å²) in [6, 6.07) is 18.5. The first-order valence-electron chi connectivity index (χ1n) is 7.82. The molecule has 1 heterocycles. The van der Waals surface area contributed by atoms with Gasteiger partial charge in [0.2, 0.25) is 17.7 Å². The predicted octanol–water partition coefficient (Wildman–Crippen LogP) is 2.64. The molecule has 25 heavy (non-hydrogen) atoms. The van der Waals surface area contributed by atoms with E-state index in [0.29, 0.717) is 17.3 Å². The van der Waals surface area contributed by atoms with Crippen LogP contribution >= 0.6 is 0 Å². The molecule has 2 aromatic carbocycles. The fourth-order valence-electron chi connectivity index (χ4n) is 2.23. The highest BCUT2D eigenvalue weighted by Gasteiger charge is 2.11. The summed E-state index contributed by atoms with van der Waals surface area (Å²) in [7, 11) is 0. The number of rotatable bonds is 6. The van der Waals surface area contributed by atoms with Gasteiger partial charge in [-0.25, -0.2) is 4.98 Å². The second kappa shape index (κ2) is 7.92. The van der Waals surface area contributed by atoms with Crippen LogP contribution in [0.1, 0.15) is 5.69 Å². The molecule has 0 fully saturated rings. The Hall–Kier alpha value is -3.41. The average Bonchev–Trinajstić information content (AvgIpc) is 3.10. The molecule has 0 saturated carbocycles. The smallest absolute Gasteiger partial charge is 0.243 e. The van der Waals surface area contributed by atoms with Gasteiger partial charge >= 0.3 is 0 Å². The Kier molecular flexibility index (Phi) is 5.21. The summed E-state index contributed by atoms with van der Waals surface area (Å²) < 4.78 is 5.39. The van der Waals surface area contributed by atoms with Crippen LogP contribution in [0.25, 0.3) is 11.5 Å². The quantitative estimate of drug-likeness (QED) is 0.725. The minimum atomic E-state index is -0.295. The molecule has 0 radical (unpaired) electrons. The molecule has 6 heteroatoms. The molecule has 0 aliphatic heterocycles. The van der Waals surface area contributed by atoms with Gasteiger partial charge in [-0.05, 0) is 24.3 Å². The van der Waals surface area contributed by atoms with Gasteiger partial charge < -0.3 is 15.1 Å². The molecule has 0 unspecified atom stereocenters. The first-order chi connectivity index (χ1) is 12.2. The third-order valence-electron chi connectivity index (χ3n) is 3.42. The number of benzene rings is 2. The third kappa shape index (κ3) is 4.78. The van der Waals surface area contributed by atoms with Crippen LogP contribution in [0.15, 0.2) is 71.3 Å². The predicted molar refractivity (Wildman–Crippen MR) is 93.7 cm³/mol. The minimum absolute atomic E-state index is 0.0505. The van der Waals surface area contributed by atoms with E-state index >= 15 is 0 Å². The van der Waals surface area contributed by atoms with E-state index in [2.05, 4.69) is 15.6 Å². The summed E-state index contributed by atoms with van der Waals surface area (Å²) >= 11 is 0. The summed E-state index contributed by atoms with van der Waals surface area (Å²) in [4.78, 5) is 28.0. The van der Waals surface area contributed by atoms with Gasteiger partial charge in [0.15, 0.2) is 0 Å². The van der Waals surface area contributed by atoms with Crippen LogP contribution in [0.3, 0.4) is 0 Å². The second-order valence-corrected chi connectivity index (χ2v) is 5.38. The summed E-state index contributed by atoms with van der Waals surface area (Å²) in [5, 5.41) is 5.27. The van der Waals surface area contributed by atoms with Crippen LogP contribution in [-0.2, 0) is 16.0 Å². The van der Waals surface area contributed by atoms with E-state index in [1.54, 1.807) is 12.1 Å². The molecular weight excluding hydrogens is 318 g/mol. The Morgan fingerprint density at radius 1 is 0.920 bits per heavy atom. The topological polar surface area (TPSA) is 84.2 Å². The lowest BCUT2D eigenvalue weighted by Crippen LogP contribution is -2.33. The molecule has 6 nitrogen and oxygen atoms in total. The Morgan fingerprint density at radius 3 is 2.32 bits per heavy atom. The molecular formula is C19H17N3O3. The number of nitrogens with zero attached hydrogens (tertiary/aromatic N) is 1. The van der Waals surface area contributed by atoms with Crippen molar-refractivity contribution in [3.8, 4) is 11.5 Å². The van der Waals surface area contributed by atoms with Crippen LogP contribution in [0.4, 0.5) is 5.69 Å². The fraction of sp³-hybridized carbons (Fsp3) is 0.105. The number of amides is 2. The van der Waals surface area contributed by atoms with E-state index in [4.69, 9.17) is 4.42 Å². The number of carbonyl (C=O) groups is 2. The number of oxazole rings is 1. The van der Waals surface area contributed by atoms with Gasteiger partial charge in [0.1, 0.15) is 6.26 Å². The number of aromatic nitrogens is 1. The molecule has 0 bridgehead atoms. The Balaban J connectivity index is 1.48. The molecule has 0 saturated heterocycles. The zero-order valence-corrected chi connectivity index (χ0v) is 13.4. The maximum atomic E-state index is 11.9. The number of nitrogens with one attached hydrogen (secondary N) is 2. The average molecular weight is 335 g/mol. The third-order valence-corrected chi connectivity index (χ3v) is 3.42. The Labute approximate surface area is 144 Å². The summed E-state index contributed by atoms with van der Waals surface area (Å²) in [5.41, 5.74) is 2.04. The largest absolute Gasteiger partial charge is 0.444 e. The van der Waals surface area contributed by atoms with Crippen molar-refractivity contribution in [2.45, 2.75) is 6.42 Å². The van der Waals surface area contributed by atoms with Crippen molar-refractivity contribution >= 4 is 17.5 Å². The van der Waals surface area contributed by atoms with E-state index in [0.717, 1.165) is 5.56 Å². The molecule has 0 spiro atoms. The van der Waals surface area contributed by atoms with Gasteiger partial charge in [-0.15, -0.1) is 0 Å². The number of para-hydroxylation sites is 1. The monoisotopic (exact) mass is 335 g/mol. The van der Waals surface area contributed by atoms with Crippen LogP contribution in [0.2, 0.25) is 0 Å². The summed E-state index contributed by atoms with van der Waals surface area (Å²) in [5.74, 6) is -0.119. The lowest BCUT2D eigenvalue weighted by atomic mass is 10.2. The maximum absolute atomic E-state index is 11.9. The van der Waals surface area contributed by atoms with Crippen molar-refractivity contribution in [3.05, 3.63) is 72.6 Å². The normalized spacial score (nSPS) is 10.2. The fourth-order valence-corrected chi connectivity index (χ4v) is 2.23. The molecule has 3 rings (SSSR count). The van der Waals surface area contributed by atoms with Crippen LogP contribution in [-0.4, -0.2) is 23.3 Å². The van der Waals surface area contributed by atoms with Gasteiger partial charge in [-0.2, -0.15) is 0 Å². The molecule has 1 aromatic heterocycles. The van der Waals surface area contributed by atoms with Crippen molar-refractivity contribution in [2.24, 2.45) is 0 Å². The van der Waals surface area contributed by atoms with Crippen molar-refractivity contribution in [1.29, 1.82) is 0 Å². The zero-order chi connectivity index (χ0) is 17.5. The van der Waals surface area contributed by atoms with Gasteiger partial charge in [-0.1, -0.05) is 36.4 Å². The van der Waals surface area contributed by atoms with E-state index in [1.165, 1.54) is 6.26 Å². The molecule has 2 N–H and O–H groups in total. The number of anilines is 1. The highest BCUT2D eigenvalue weighted by molar-refractivity contribution is 5.94. The minimum Gasteiger partial charge on any atom is -0.444 e. The van der Waals surface area contributed by atoms with Gasteiger partial charge in [0.05, 0.1) is 18.7 Å². The summed E-state index contributed by atoms with van der Waals surface area (Å²) in [6.07, 6.45) is 1.50. The van der Waals surface area contributed by atoms with E-state index in [-0.39, 0.29) is 24.8 Å². The first-order valence-corrected chi connectivity index (χ1v) is 7.82. The lowest BCUT2D eigenvalue weighted by molar-refractivity contribution is -0.123. The Morgan fingerprint density at radius 2 is 1.60 bits per heavy atom. The highest BCUT2D eigenvalue weighted by Crippen LogP contribution is 2.17. The molecule has 0 aliphatic rings. The first kappa shape index (κ1) is 16.4.